The van der Waals surface area contributed by atoms with Crippen LogP contribution in [0.2, 0.25) is 0 Å². The molecule has 0 aliphatic rings. The zero-order valence-electron chi connectivity index (χ0n) is 10.9. The van der Waals surface area contributed by atoms with E-state index in [-0.39, 0.29) is 17.3 Å². The summed E-state index contributed by atoms with van der Waals surface area (Å²) >= 11 is 0. The average Bonchev–Trinajstić information content (AvgIpc) is 2.71. The highest BCUT2D eigenvalue weighted by atomic mass is 16.2. The standard InChI is InChI=1S/C12H20N4O/c1-6-8-16(12(3,4)5)11(17)10-13-9(7-2)14-15-10/h6H,1,7-8H2,2-5H3,(H,13,14,15). The molecule has 17 heavy (non-hydrogen) atoms. The van der Waals surface area contributed by atoms with E-state index in [0.29, 0.717) is 6.54 Å². The highest BCUT2D eigenvalue weighted by Crippen LogP contribution is 2.15. The van der Waals surface area contributed by atoms with Crippen LogP contribution >= 0.6 is 0 Å². The van der Waals surface area contributed by atoms with Crippen LogP contribution in [0.3, 0.4) is 0 Å². The molecule has 1 aromatic heterocycles. The molecule has 5 heteroatoms. The van der Waals surface area contributed by atoms with E-state index in [2.05, 4.69) is 21.8 Å². The maximum atomic E-state index is 12.2. The third-order valence-electron chi connectivity index (χ3n) is 2.42. The van der Waals surface area contributed by atoms with Crippen LogP contribution in [0.1, 0.15) is 44.1 Å². The largest absolute Gasteiger partial charge is 0.327 e. The van der Waals surface area contributed by atoms with Crippen molar-refractivity contribution in [2.45, 2.75) is 39.7 Å². The van der Waals surface area contributed by atoms with Gasteiger partial charge in [0, 0.05) is 18.5 Å². The first kappa shape index (κ1) is 13.4. The van der Waals surface area contributed by atoms with Gasteiger partial charge in [-0.2, -0.15) is 0 Å². The first-order chi connectivity index (χ1) is 7.90. The highest BCUT2D eigenvalue weighted by Gasteiger charge is 2.28. The zero-order valence-corrected chi connectivity index (χ0v) is 10.9. The number of aryl methyl sites for hydroxylation is 1. The molecule has 0 saturated carbocycles. The summed E-state index contributed by atoms with van der Waals surface area (Å²) < 4.78 is 0. The average molecular weight is 236 g/mol. The van der Waals surface area contributed by atoms with Crippen molar-refractivity contribution >= 4 is 5.91 Å². The molecule has 1 aromatic rings. The second-order valence-corrected chi connectivity index (χ2v) is 4.83. The molecule has 0 unspecified atom stereocenters. The number of H-pyrrole nitrogens is 1. The van der Waals surface area contributed by atoms with Crippen LogP contribution in [-0.4, -0.2) is 38.1 Å². The molecule has 0 fully saturated rings. The SMILES string of the molecule is C=CCN(C(=O)c1n[nH]c(CC)n1)C(C)(C)C. The van der Waals surface area contributed by atoms with Crippen molar-refractivity contribution in [3.8, 4) is 0 Å². The summed E-state index contributed by atoms with van der Waals surface area (Å²) in [6, 6.07) is 0. The van der Waals surface area contributed by atoms with Crippen LogP contribution < -0.4 is 0 Å². The molecule has 5 nitrogen and oxygen atoms in total. The van der Waals surface area contributed by atoms with Gasteiger partial charge < -0.3 is 4.90 Å². The molecule has 1 heterocycles. The number of amides is 1. The van der Waals surface area contributed by atoms with Gasteiger partial charge in [0.15, 0.2) is 0 Å². The summed E-state index contributed by atoms with van der Waals surface area (Å²) in [5.41, 5.74) is -0.279. The molecule has 0 atom stereocenters. The lowest BCUT2D eigenvalue weighted by molar-refractivity contribution is 0.0604. The van der Waals surface area contributed by atoms with E-state index in [1.807, 2.05) is 27.7 Å². The van der Waals surface area contributed by atoms with Crippen molar-refractivity contribution in [3.63, 3.8) is 0 Å². The molecule has 0 bridgehead atoms. The van der Waals surface area contributed by atoms with Crippen molar-refractivity contribution in [1.82, 2.24) is 20.1 Å². The number of carbonyl (C=O) groups excluding carboxylic acids is 1. The molecule has 1 amide bonds. The van der Waals surface area contributed by atoms with E-state index in [9.17, 15) is 4.79 Å². The second kappa shape index (κ2) is 5.12. The third kappa shape index (κ3) is 3.15. The minimum absolute atomic E-state index is 0.173. The molecule has 0 aliphatic heterocycles. The normalized spacial score (nSPS) is 11.3. The maximum absolute atomic E-state index is 12.2. The number of hydrogen-bond donors (Lipinski definition) is 1. The molecule has 94 valence electrons. The number of hydrogen-bond acceptors (Lipinski definition) is 3. The van der Waals surface area contributed by atoms with Gasteiger partial charge in [-0.25, -0.2) is 4.98 Å². The van der Waals surface area contributed by atoms with Gasteiger partial charge in [0.2, 0.25) is 5.82 Å². The molecule has 0 saturated heterocycles. The zero-order chi connectivity index (χ0) is 13.1. The predicted octanol–water partition coefficient (Wildman–Crippen LogP) is 1.79. The Morgan fingerprint density at radius 3 is 2.59 bits per heavy atom. The first-order valence-electron chi connectivity index (χ1n) is 5.74. The fourth-order valence-electron chi connectivity index (χ4n) is 1.46. The Labute approximate surface area is 102 Å². The second-order valence-electron chi connectivity index (χ2n) is 4.83. The summed E-state index contributed by atoms with van der Waals surface area (Å²) in [7, 11) is 0. The van der Waals surface area contributed by atoms with Crippen molar-refractivity contribution in [1.29, 1.82) is 0 Å². The third-order valence-corrected chi connectivity index (χ3v) is 2.42. The number of carbonyl (C=O) groups is 1. The highest BCUT2D eigenvalue weighted by molar-refractivity contribution is 5.91. The monoisotopic (exact) mass is 236 g/mol. The summed E-state index contributed by atoms with van der Waals surface area (Å²) in [6.45, 7) is 12.0. The van der Waals surface area contributed by atoms with Crippen LogP contribution in [0, 0.1) is 0 Å². The van der Waals surface area contributed by atoms with Gasteiger partial charge in [-0.3, -0.25) is 9.89 Å². The minimum Gasteiger partial charge on any atom is -0.327 e. The summed E-state index contributed by atoms with van der Waals surface area (Å²) in [6.07, 6.45) is 2.44. The van der Waals surface area contributed by atoms with Crippen molar-refractivity contribution < 1.29 is 4.79 Å². The number of rotatable bonds is 4. The molecule has 0 radical (unpaired) electrons. The first-order valence-corrected chi connectivity index (χ1v) is 5.74. The number of nitrogens with one attached hydrogen (secondary N) is 1. The van der Waals surface area contributed by atoms with Gasteiger partial charge in [0.05, 0.1) is 0 Å². The summed E-state index contributed by atoms with van der Waals surface area (Å²) in [5.74, 6) is 0.771. The maximum Gasteiger partial charge on any atom is 0.294 e. The lowest BCUT2D eigenvalue weighted by atomic mass is 10.1. The lowest BCUT2D eigenvalue weighted by Crippen LogP contribution is -2.46. The number of aromatic nitrogens is 3. The Morgan fingerprint density at radius 2 is 2.18 bits per heavy atom. The Balaban J connectivity index is 2.95. The van der Waals surface area contributed by atoms with Crippen molar-refractivity contribution in [2.24, 2.45) is 0 Å². The molecular formula is C12H20N4O. The van der Waals surface area contributed by atoms with Crippen molar-refractivity contribution in [2.75, 3.05) is 6.54 Å². The van der Waals surface area contributed by atoms with Gasteiger partial charge in [0.1, 0.15) is 5.82 Å². The van der Waals surface area contributed by atoms with E-state index >= 15 is 0 Å². The molecular weight excluding hydrogens is 216 g/mol. The number of aromatic amines is 1. The van der Waals surface area contributed by atoms with Gasteiger partial charge in [0.25, 0.3) is 5.91 Å². The van der Waals surface area contributed by atoms with Crippen LogP contribution in [0.5, 0.6) is 0 Å². The predicted molar refractivity (Wildman–Crippen MR) is 66.7 cm³/mol. The minimum atomic E-state index is -0.279. The van der Waals surface area contributed by atoms with E-state index in [0.717, 1.165) is 12.2 Å². The molecule has 0 spiro atoms. The Hall–Kier alpha value is -1.65. The molecule has 1 N–H and O–H groups in total. The Bertz CT molecular complexity index is 403. The molecule has 0 aromatic carbocycles. The summed E-state index contributed by atoms with van der Waals surface area (Å²) in [4.78, 5) is 18.1. The molecule has 0 aliphatic carbocycles. The smallest absolute Gasteiger partial charge is 0.294 e. The van der Waals surface area contributed by atoms with Crippen LogP contribution in [0.25, 0.3) is 0 Å². The van der Waals surface area contributed by atoms with E-state index in [1.165, 1.54) is 0 Å². The van der Waals surface area contributed by atoms with Crippen molar-refractivity contribution in [3.05, 3.63) is 24.3 Å². The van der Waals surface area contributed by atoms with Gasteiger partial charge >= 0.3 is 0 Å². The summed E-state index contributed by atoms with van der Waals surface area (Å²) in [5, 5.41) is 6.69. The topological polar surface area (TPSA) is 61.9 Å². The Kier molecular flexibility index (Phi) is 4.04. The lowest BCUT2D eigenvalue weighted by Gasteiger charge is -2.33. The van der Waals surface area contributed by atoms with E-state index < -0.39 is 0 Å². The van der Waals surface area contributed by atoms with Gasteiger partial charge in [-0.05, 0) is 20.8 Å². The number of nitrogens with zero attached hydrogens (tertiary/aromatic N) is 3. The van der Waals surface area contributed by atoms with E-state index in [1.54, 1.807) is 11.0 Å². The fraction of sp³-hybridized carbons (Fsp3) is 0.583. The van der Waals surface area contributed by atoms with Gasteiger partial charge in [-0.15, -0.1) is 11.7 Å². The van der Waals surface area contributed by atoms with Gasteiger partial charge in [-0.1, -0.05) is 13.0 Å². The van der Waals surface area contributed by atoms with Crippen LogP contribution in [-0.2, 0) is 6.42 Å². The van der Waals surface area contributed by atoms with Crippen LogP contribution in [0.15, 0.2) is 12.7 Å². The van der Waals surface area contributed by atoms with Crippen LogP contribution in [0.4, 0.5) is 0 Å². The molecule has 1 rings (SSSR count). The Morgan fingerprint density at radius 1 is 1.53 bits per heavy atom. The van der Waals surface area contributed by atoms with E-state index in [4.69, 9.17) is 0 Å². The quantitative estimate of drug-likeness (QED) is 0.811. The fourth-order valence-corrected chi connectivity index (χ4v) is 1.46.